The molecule has 2 fully saturated rings. The summed E-state index contributed by atoms with van der Waals surface area (Å²) in [7, 11) is 0. The smallest absolute Gasteiger partial charge is 0.354 e. The zero-order valence-corrected chi connectivity index (χ0v) is 15.8. The highest BCUT2D eigenvalue weighted by molar-refractivity contribution is 5.82. The molecule has 0 aromatic heterocycles. The molecule has 5 nitrogen and oxygen atoms in total. The molecule has 154 valence electrons. The van der Waals surface area contributed by atoms with E-state index in [0.717, 1.165) is 30.8 Å². The van der Waals surface area contributed by atoms with Crippen molar-refractivity contribution in [2.75, 3.05) is 26.2 Å². The van der Waals surface area contributed by atoms with Crippen molar-refractivity contribution >= 4 is 11.8 Å². The second-order valence-electron chi connectivity index (χ2n) is 7.59. The van der Waals surface area contributed by atoms with Crippen LogP contribution < -0.4 is 5.32 Å². The van der Waals surface area contributed by atoms with E-state index in [-0.39, 0.29) is 31.0 Å². The lowest BCUT2D eigenvalue weighted by Crippen LogP contribution is -2.48. The van der Waals surface area contributed by atoms with E-state index in [1.54, 1.807) is 0 Å². The molecule has 1 aromatic rings. The van der Waals surface area contributed by atoms with Crippen molar-refractivity contribution in [1.82, 2.24) is 15.1 Å². The molecule has 0 aliphatic carbocycles. The molecule has 28 heavy (non-hydrogen) atoms. The number of nitrogens with one attached hydrogen (secondary N) is 1. The van der Waals surface area contributed by atoms with Crippen molar-refractivity contribution in [2.45, 2.75) is 44.4 Å². The summed E-state index contributed by atoms with van der Waals surface area (Å²) in [5, 5.41) is 2.98. The lowest BCUT2D eigenvalue weighted by atomic mass is 9.96. The van der Waals surface area contributed by atoms with Gasteiger partial charge in [-0.3, -0.25) is 14.5 Å². The van der Waals surface area contributed by atoms with E-state index in [1.807, 2.05) is 30.3 Å². The number of carbonyl (C=O) groups excluding carboxylic acids is 2. The molecular formula is C20H26F3N3O2. The number of likely N-dealkylation sites (tertiary alicyclic amines) is 2. The van der Waals surface area contributed by atoms with Crippen molar-refractivity contribution in [1.29, 1.82) is 0 Å². The molecule has 0 bridgehead atoms. The lowest BCUT2D eigenvalue weighted by Gasteiger charge is -2.32. The fourth-order valence-corrected chi connectivity index (χ4v) is 4.01. The molecule has 1 aromatic carbocycles. The van der Waals surface area contributed by atoms with Gasteiger partial charge < -0.3 is 10.2 Å². The van der Waals surface area contributed by atoms with Crippen molar-refractivity contribution < 1.29 is 22.8 Å². The Labute approximate surface area is 162 Å². The minimum absolute atomic E-state index is 0.0118. The summed E-state index contributed by atoms with van der Waals surface area (Å²) in [5.41, 5.74) is 1.17. The highest BCUT2D eigenvalue weighted by Crippen LogP contribution is 2.24. The first-order chi connectivity index (χ1) is 13.3. The van der Waals surface area contributed by atoms with Gasteiger partial charge in [0.15, 0.2) is 0 Å². The Hall–Kier alpha value is -2.09. The number of hydrogen-bond donors (Lipinski definition) is 1. The minimum atomic E-state index is -4.81. The van der Waals surface area contributed by atoms with Crippen LogP contribution in [0.15, 0.2) is 30.3 Å². The van der Waals surface area contributed by atoms with Gasteiger partial charge in [-0.25, -0.2) is 0 Å². The zero-order chi connectivity index (χ0) is 20.1. The topological polar surface area (TPSA) is 52.7 Å². The third-order valence-electron chi connectivity index (χ3n) is 5.60. The van der Waals surface area contributed by atoms with E-state index in [2.05, 4.69) is 10.2 Å². The first-order valence-corrected chi connectivity index (χ1v) is 9.76. The molecular weight excluding hydrogens is 371 g/mol. The van der Waals surface area contributed by atoms with Gasteiger partial charge in [-0.1, -0.05) is 30.3 Å². The number of benzene rings is 1. The molecule has 8 heteroatoms. The maximum atomic E-state index is 12.6. The Morgan fingerprint density at radius 2 is 1.71 bits per heavy atom. The highest BCUT2D eigenvalue weighted by atomic mass is 19.4. The van der Waals surface area contributed by atoms with Crippen LogP contribution in [-0.4, -0.2) is 60.0 Å². The summed E-state index contributed by atoms with van der Waals surface area (Å²) in [5.74, 6) is -1.68. The first kappa shape index (κ1) is 20.6. The van der Waals surface area contributed by atoms with Crippen LogP contribution in [0.25, 0.3) is 0 Å². The minimum Gasteiger partial charge on any atom is -0.354 e. The van der Waals surface area contributed by atoms with E-state index in [0.29, 0.717) is 19.4 Å². The number of carbonyl (C=O) groups is 2. The molecule has 2 aliphatic heterocycles. The first-order valence-electron chi connectivity index (χ1n) is 9.76. The number of alkyl halides is 3. The summed E-state index contributed by atoms with van der Waals surface area (Å²) in [6.07, 6.45) is -2.08. The SMILES string of the molecule is O=C(NCC1CCN(C(=O)C(F)(F)F)CC1)C1CCCN1Cc1ccccc1. The second-order valence-corrected chi connectivity index (χ2v) is 7.59. The van der Waals surface area contributed by atoms with E-state index in [4.69, 9.17) is 0 Å². The van der Waals surface area contributed by atoms with Gasteiger partial charge in [-0.2, -0.15) is 13.2 Å². The summed E-state index contributed by atoms with van der Waals surface area (Å²) in [4.78, 5) is 26.9. The predicted octanol–water partition coefficient (Wildman–Crippen LogP) is 2.57. The highest BCUT2D eigenvalue weighted by Gasteiger charge is 2.43. The van der Waals surface area contributed by atoms with Gasteiger partial charge in [-0.05, 0) is 43.7 Å². The lowest BCUT2D eigenvalue weighted by molar-refractivity contribution is -0.186. The van der Waals surface area contributed by atoms with Crippen LogP contribution in [0.3, 0.4) is 0 Å². The van der Waals surface area contributed by atoms with Crippen molar-refractivity contribution in [3.8, 4) is 0 Å². The molecule has 0 radical (unpaired) electrons. The average molecular weight is 397 g/mol. The Kier molecular flexibility index (Phi) is 6.59. The van der Waals surface area contributed by atoms with Crippen LogP contribution in [0.2, 0.25) is 0 Å². The second kappa shape index (κ2) is 8.94. The fourth-order valence-electron chi connectivity index (χ4n) is 4.01. The number of hydrogen-bond acceptors (Lipinski definition) is 3. The summed E-state index contributed by atoms with van der Waals surface area (Å²) < 4.78 is 37.5. The van der Waals surface area contributed by atoms with E-state index in [1.165, 1.54) is 5.56 Å². The van der Waals surface area contributed by atoms with Crippen LogP contribution in [0, 0.1) is 5.92 Å². The summed E-state index contributed by atoms with van der Waals surface area (Å²) >= 11 is 0. The van der Waals surface area contributed by atoms with Gasteiger partial charge >= 0.3 is 12.1 Å². The Bertz CT molecular complexity index is 673. The van der Waals surface area contributed by atoms with Gasteiger partial charge in [-0.15, -0.1) is 0 Å². The van der Waals surface area contributed by atoms with E-state index in [9.17, 15) is 22.8 Å². The fraction of sp³-hybridized carbons (Fsp3) is 0.600. The van der Waals surface area contributed by atoms with E-state index < -0.39 is 12.1 Å². The normalized spacial score (nSPS) is 21.7. The summed E-state index contributed by atoms with van der Waals surface area (Å²) in [6, 6.07) is 9.86. The molecule has 2 aliphatic rings. The third kappa shape index (κ3) is 5.25. The molecule has 1 atom stereocenters. The zero-order valence-electron chi connectivity index (χ0n) is 15.8. The van der Waals surface area contributed by atoms with Crippen LogP contribution in [-0.2, 0) is 16.1 Å². The maximum Gasteiger partial charge on any atom is 0.471 e. The largest absolute Gasteiger partial charge is 0.471 e. The molecule has 1 N–H and O–H groups in total. The van der Waals surface area contributed by atoms with Crippen LogP contribution in [0.4, 0.5) is 13.2 Å². The quantitative estimate of drug-likeness (QED) is 0.831. The number of nitrogens with zero attached hydrogens (tertiary/aromatic N) is 2. The predicted molar refractivity (Wildman–Crippen MR) is 98.2 cm³/mol. The molecule has 0 saturated carbocycles. The Morgan fingerprint density at radius 3 is 2.36 bits per heavy atom. The van der Waals surface area contributed by atoms with Gasteiger partial charge in [0.25, 0.3) is 0 Å². The third-order valence-corrected chi connectivity index (χ3v) is 5.60. The van der Waals surface area contributed by atoms with Crippen LogP contribution in [0.1, 0.15) is 31.2 Å². The van der Waals surface area contributed by atoms with E-state index >= 15 is 0 Å². The number of rotatable bonds is 5. The average Bonchev–Trinajstić information content (AvgIpc) is 3.14. The van der Waals surface area contributed by atoms with Crippen molar-refractivity contribution in [3.05, 3.63) is 35.9 Å². The number of piperidine rings is 1. The number of halogens is 3. The Morgan fingerprint density at radius 1 is 1.04 bits per heavy atom. The molecule has 3 rings (SSSR count). The maximum absolute atomic E-state index is 12.6. The van der Waals surface area contributed by atoms with Crippen LogP contribution in [0.5, 0.6) is 0 Å². The van der Waals surface area contributed by atoms with Gasteiger partial charge in [0.1, 0.15) is 0 Å². The molecule has 2 amide bonds. The van der Waals surface area contributed by atoms with Crippen molar-refractivity contribution in [3.63, 3.8) is 0 Å². The van der Waals surface area contributed by atoms with Gasteiger partial charge in [0.2, 0.25) is 5.91 Å². The molecule has 2 heterocycles. The monoisotopic (exact) mass is 397 g/mol. The van der Waals surface area contributed by atoms with Crippen LogP contribution >= 0.6 is 0 Å². The molecule has 1 unspecified atom stereocenters. The van der Waals surface area contributed by atoms with Gasteiger partial charge in [0.05, 0.1) is 6.04 Å². The standard InChI is InChI=1S/C20H26F3N3O2/c21-20(22,23)19(28)25-11-8-15(9-12-25)13-24-18(27)17-7-4-10-26(17)14-16-5-2-1-3-6-16/h1-3,5-6,15,17H,4,7-14H2,(H,24,27). The summed E-state index contributed by atoms with van der Waals surface area (Å²) in [6.45, 7) is 2.23. The van der Waals surface area contributed by atoms with Crippen molar-refractivity contribution in [2.24, 2.45) is 5.92 Å². The molecule has 2 saturated heterocycles. The number of amides is 2. The Balaban J connectivity index is 1.43. The molecule has 0 spiro atoms. The van der Waals surface area contributed by atoms with Gasteiger partial charge in [0, 0.05) is 26.2 Å².